The van der Waals surface area contributed by atoms with Crippen LogP contribution in [0.25, 0.3) is 22.3 Å². The molecule has 3 heterocycles. The second kappa shape index (κ2) is 6.47. The van der Waals surface area contributed by atoms with Crippen molar-refractivity contribution >= 4 is 22.8 Å². The van der Waals surface area contributed by atoms with Crippen molar-refractivity contribution in [3.05, 3.63) is 48.3 Å². The topological polar surface area (TPSA) is 85.0 Å². The molecule has 1 aliphatic rings. The summed E-state index contributed by atoms with van der Waals surface area (Å²) in [4.78, 5) is 27.8. The predicted molar refractivity (Wildman–Crippen MR) is 96.9 cm³/mol. The van der Waals surface area contributed by atoms with Crippen LogP contribution in [0, 0.1) is 0 Å². The first-order valence-corrected chi connectivity index (χ1v) is 8.49. The summed E-state index contributed by atoms with van der Waals surface area (Å²) >= 11 is 0. The van der Waals surface area contributed by atoms with E-state index in [1.807, 2.05) is 29.2 Å². The van der Waals surface area contributed by atoms with Gasteiger partial charge in [0.05, 0.1) is 22.9 Å². The van der Waals surface area contributed by atoms with Crippen molar-refractivity contribution in [2.24, 2.45) is 0 Å². The van der Waals surface area contributed by atoms with Crippen LogP contribution < -0.4 is 5.73 Å². The van der Waals surface area contributed by atoms with E-state index in [2.05, 4.69) is 15.0 Å². The lowest BCUT2D eigenvalue weighted by molar-refractivity contribution is 0.0724. The maximum Gasteiger partial charge on any atom is 0.253 e. The number of pyridine rings is 1. The van der Waals surface area contributed by atoms with Gasteiger partial charge in [0.1, 0.15) is 5.82 Å². The summed E-state index contributed by atoms with van der Waals surface area (Å²) in [6, 6.07) is 9.11. The van der Waals surface area contributed by atoms with Gasteiger partial charge in [0, 0.05) is 30.4 Å². The molecule has 0 bridgehead atoms. The van der Waals surface area contributed by atoms with Crippen LogP contribution in [0.15, 0.2) is 42.7 Å². The van der Waals surface area contributed by atoms with Gasteiger partial charge in [-0.15, -0.1) is 0 Å². The van der Waals surface area contributed by atoms with Gasteiger partial charge in [-0.2, -0.15) is 0 Å². The van der Waals surface area contributed by atoms with Crippen LogP contribution in [0.5, 0.6) is 0 Å². The zero-order chi connectivity index (χ0) is 17.2. The molecule has 0 aliphatic carbocycles. The second-order valence-electron chi connectivity index (χ2n) is 6.28. The maximum absolute atomic E-state index is 12.7. The molecule has 1 amide bonds. The molecule has 0 radical (unpaired) electrons. The summed E-state index contributed by atoms with van der Waals surface area (Å²) < 4.78 is 0. The fraction of sp³-hybridized carbons (Fsp3) is 0.263. The van der Waals surface area contributed by atoms with Crippen molar-refractivity contribution in [2.45, 2.75) is 19.3 Å². The molecule has 0 saturated carbocycles. The number of amides is 1. The van der Waals surface area contributed by atoms with Gasteiger partial charge in [-0.05, 0) is 49.6 Å². The van der Waals surface area contributed by atoms with Gasteiger partial charge in [-0.3, -0.25) is 9.78 Å². The Labute approximate surface area is 145 Å². The lowest BCUT2D eigenvalue weighted by Crippen LogP contribution is -2.35. The van der Waals surface area contributed by atoms with E-state index in [4.69, 9.17) is 5.73 Å². The average molecular weight is 333 g/mol. The summed E-state index contributed by atoms with van der Waals surface area (Å²) in [5.74, 6) is 0.537. The van der Waals surface area contributed by atoms with Crippen molar-refractivity contribution in [3.8, 4) is 11.3 Å². The van der Waals surface area contributed by atoms with Crippen LogP contribution in [0.4, 0.5) is 5.82 Å². The highest BCUT2D eigenvalue weighted by Gasteiger charge is 2.18. The molecule has 1 saturated heterocycles. The van der Waals surface area contributed by atoms with Crippen molar-refractivity contribution in [3.63, 3.8) is 0 Å². The molecule has 1 fully saturated rings. The molecular weight excluding hydrogens is 314 g/mol. The number of benzene rings is 1. The fourth-order valence-electron chi connectivity index (χ4n) is 3.12. The number of likely N-dealkylation sites (tertiary alicyclic amines) is 1. The third-order valence-electron chi connectivity index (χ3n) is 4.51. The number of carbonyl (C=O) groups excluding carboxylic acids is 1. The van der Waals surface area contributed by atoms with E-state index in [-0.39, 0.29) is 5.91 Å². The van der Waals surface area contributed by atoms with Crippen LogP contribution in [-0.2, 0) is 0 Å². The molecule has 3 aromatic rings. The minimum Gasteiger partial charge on any atom is -0.384 e. The molecular formula is C19H19N5O. The number of fused-ring (bicyclic) bond motifs is 1. The van der Waals surface area contributed by atoms with Crippen molar-refractivity contribution in [2.75, 3.05) is 18.8 Å². The van der Waals surface area contributed by atoms with Crippen LogP contribution in [-0.4, -0.2) is 38.8 Å². The number of nitrogens with two attached hydrogens (primary N) is 1. The monoisotopic (exact) mass is 333 g/mol. The Hall–Kier alpha value is -3.02. The van der Waals surface area contributed by atoms with Gasteiger partial charge < -0.3 is 10.6 Å². The summed E-state index contributed by atoms with van der Waals surface area (Å²) in [7, 11) is 0. The van der Waals surface area contributed by atoms with Crippen molar-refractivity contribution in [1.82, 2.24) is 19.9 Å². The summed E-state index contributed by atoms with van der Waals surface area (Å²) in [6.45, 7) is 1.67. The van der Waals surface area contributed by atoms with E-state index < -0.39 is 0 Å². The van der Waals surface area contributed by atoms with E-state index >= 15 is 0 Å². The number of anilines is 1. The number of rotatable bonds is 2. The molecule has 0 atom stereocenters. The predicted octanol–water partition coefficient (Wildman–Crippen LogP) is 2.90. The molecule has 126 valence electrons. The van der Waals surface area contributed by atoms with Crippen LogP contribution >= 0.6 is 0 Å². The lowest BCUT2D eigenvalue weighted by atomic mass is 10.1. The van der Waals surface area contributed by atoms with Crippen molar-refractivity contribution < 1.29 is 4.79 Å². The number of nitrogens with zero attached hydrogens (tertiary/aromatic N) is 4. The van der Waals surface area contributed by atoms with Gasteiger partial charge in [0.25, 0.3) is 5.91 Å². The normalized spacial score (nSPS) is 14.6. The Balaban J connectivity index is 1.69. The third kappa shape index (κ3) is 3.15. The van der Waals surface area contributed by atoms with Gasteiger partial charge in [0.2, 0.25) is 0 Å². The summed E-state index contributed by atoms with van der Waals surface area (Å²) in [5.41, 5.74) is 9.32. The summed E-state index contributed by atoms with van der Waals surface area (Å²) in [6.07, 6.45) is 6.74. The van der Waals surface area contributed by atoms with Crippen LogP contribution in [0.3, 0.4) is 0 Å². The molecule has 4 rings (SSSR count). The number of piperidine rings is 1. The summed E-state index contributed by atoms with van der Waals surface area (Å²) in [5, 5.41) is 0. The molecule has 6 nitrogen and oxygen atoms in total. The van der Waals surface area contributed by atoms with E-state index in [9.17, 15) is 4.79 Å². The van der Waals surface area contributed by atoms with E-state index in [0.717, 1.165) is 37.0 Å². The highest BCUT2D eigenvalue weighted by molar-refractivity contribution is 5.97. The standard InChI is InChI=1S/C19H19N5O/c20-18-7-5-14(11-22-18)17-12-21-15-6-4-13(10-16(15)23-17)19(25)24-8-2-1-3-9-24/h4-7,10-12H,1-3,8-9H2,(H2,20,22). The van der Waals surface area contributed by atoms with Crippen LogP contribution in [0.1, 0.15) is 29.6 Å². The first kappa shape index (κ1) is 15.5. The highest BCUT2D eigenvalue weighted by atomic mass is 16.2. The number of hydrogen-bond donors (Lipinski definition) is 1. The minimum atomic E-state index is 0.0722. The van der Waals surface area contributed by atoms with E-state index in [1.54, 1.807) is 18.5 Å². The molecule has 25 heavy (non-hydrogen) atoms. The first-order valence-electron chi connectivity index (χ1n) is 8.49. The zero-order valence-corrected chi connectivity index (χ0v) is 13.9. The fourth-order valence-corrected chi connectivity index (χ4v) is 3.12. The molecule has 0 unspecified atom stereocenters. The molecule has 2 aromatic heterocycles. The number of carbonyl (C=O) groups is 1. The number of nitrogen functional groups attached to an aromatic ring is 1. The van der Waals surface area contributed by atoms with Gasteiger partial charge >= 0.3 is 0 Å². The minimum absolute atomic E-state index is 0.0722. The van der Waals surface area contributed by atoms with Gasteiger partial charge in [-0.25, -0.2) is 9.97 Å². The smallest absolute Gasteiger partial charge is 0.253 e. The quantitative estimate of drug-likeness (QED) is 0.779. The van der Waals surface area contributed by atoms with E-state index in [1.165, 1.54) is 6.42 Å². The van der Waals surface area contributed by atoms with Gasteiger partial charge in [0.15, 0.2) is 0 Å². The number of hydrogen-bond acceptors (Lipinski definition) is 5. The van der Waals surface area contributed by atoms with Crippen molar-refractivity contribution in [1.29, 1.82) is 0 Å². The van der Waals surface area contributed by atoms with E-state index in [0.29, 0.717) is 22.6 Å². The Morgan fingerprint density at radius 3 is 2.56 bits per heavy atom. The molecule has 2 N–H and O–H groups in total. The Morgan fingerprint density at radius 2 is 1.80 bits per heavy atom. The zero-order valence-electron chi connectivity index (χ0n) is 13.9. The molecule has 6 heteroatoms. The molecule has 1 aliphatic heterocycles. The SMILES string of the molecule is Nc1ccc(-c2cnc3ccc(C(=O)N4CCCCC4)cc3n2)cn1. The Kier molecular flexibility index (Phi) is 4.01. The number of aromatic nitrogens is 3. The molecule has 1 aromatic carbocycles. The van der Waals surface area contributed by atoms with Gasteiger partial charge in [-0.1, -0.05) is 0 Å². The lowest BCUT2D eigenvalue weighted by Gasteiger charge is -2.26. The third-order valence-corrected chi connectivity index (χ3v) is 4.51. The largest absolute Gasteiger partial charge is 0.384 e. The highest BCUT2D eigenvalue weighted by Crippen LogP contribution is 2.21. The Bertz CT molecular complexity index is 917. The maximum atomic E-state index is 12.7. The first-order chi connectivity index (χ1) is 12.2. The average Bonchev–Trinajstić information content (AvgIpc) is 2.68. The second-order valence-corrected chi connectivity index (χ2v) is 6.28. The Morgan fingerprint density at radius 1 is 0.960 bits per heavy atom. The molecule has 0 spiro atoms. The van der Waals surface area contributed by atoms with Crippen LogP contribution in [0.2, 0.25) is 0 Å².